The summed E-state index contributed by atoms with van der Waals surface area (Å²) in [6.07, 6.45) is 0. The third-order valence-electron chi connectivity index (χ3n) is 5.19. The van der Waals surface area contributed by atoms with Crippen LogP contribution in [0.15, 0.2) is 42.5 Å². The summed E-state index contributed by atoms with van der Waals surface area (Å²) in [5.41, 5.74) is 2.50. The maximum Gasteiger partial charge on any atom is 0.161 e. The average molecular weight is 356 g/mol. The fourth-order valence-corrected chi connectivity index (χ4v) is 3.48. The molecule has 1 fully saturated rings. The molecule has 0 N–H and O–H groups in total. The summed E-state index contributed by atoms with van der Waals surface area (Å²) in [6, 6.07) is 14.8. The third-order valence-corrected chi connectivity index (χ3v) is 5.19. The van der Waals surface area contributed by atoms with E-state index in [1.807, 2.05) is 18.2 Å². The number of hydrogen-bond donors (Lipinski definition) is 0. The minimum atomic E-state index is 0.341. The molecule has 5 nitrogen and oxygen atoms in total. The number of anilines is 1. The van der Waals surface area contributed by atoms with E-state index in [1.165, 1.54) is 11.3 Å². The van der Waals surface area contributed by atoms with Crippen molar-refractivity contribution in [1.29, 1.82) is 0 Å². The molecule has 1 aliphatic rings. The zero-order valence-electron chi connectivity index (χ0n) is 16.1. The van der Waals surface area contributed by atoms with Crippen molar-refractivity contribution in [3.8, 4) is 17.2 Å². The fraction of sp³-hybridized carbons (Fsp3) is 0.429. The van der Waals surface area contributed by atoms with Crippen LogP contribution >= 0.6 is 0 Å². The van der Waals surface area contributed by atoms with Gasteiger partial charge < -0.3 is 19.1 Å². The van der Waals surface area contributed by atoms with Crippen LogP contribution < -0.4 is 19.1 Å². The van der Waals surface area contributed by atoms with E-state index >= 15 is 0 Å². The Hall–Kier alpha value is -2.40. The zero-order chi connectivity index (χ0) is 18.5. The minimum Gasteiger partial charge on any atom is -0.497 e. The molecule has 1 aliphatic heterocycles. The van der Waals surface area contributed by atoms with E-state index in [0.29, 0.717) is 6.04 Å². The van der Waals surface area contributed by atoms with Crippen molar-refractivity contribution >= 4 is 5.69 Å². The van der Waals surface area contributed by atoms with E-state index in [0.717, 1.165) is 43.4 Å². The number of rotatable bonds is 6. The molecule has 2 aromatic rings. The first-order valence-corrected chi connectivity index (χ1v) is 9.01. The van der Waals surface area contributed by atoms with Crippen molar-refractivity contribution in [2.24, 2.45) is 0 Å². The molecule has 140 valence electrons. The van der Waals surface area contributed by atoms with Gasteiger partial charge in [-0.3, -0.25) is 4.90 Å². The molecule has 5 heteroatoms. The Balaban J connectivity index is 1.63. The molecule has 0 unspecified atom stereocenters. The molecule has 0 aliphatic carbocycles. The lowest BCUT2D eigenvalue weighted by molar-refractivity contribution is 0.198. The van der Waals surface area contributed by atoms with E-state index in [4.69, 9.17) is 14.2 Å². The predicted octanol–water partition coefficient (Wildman–Crippen LogP) is 3.60. The second-order valence-corrected chi connectivity index (χ2v) is 6.51. The van der Waals surface area contributed by atoms with E-state index in [1.54, 1.807) is 21.3 Å². The SMILES string of the molecule is COc1ccc(N2CCN([C@H](C)c3ccc(OC)c(OC)c3)CC2)cc1. The molecule has 0 radical (unpaired) electrons. The summed E-state index contributed by atoms with van der Waals surface area (Å²) in [7, 11) is 5.04. The molecular weight excluding hydrogens is 328 g/mol. The van der Waals surface area contributed by atoms with Crippen LogP contribution in [0.4, 0.5) is 5.69 Å². The lowest BCUT2D eigenvalue weighted by Crippen LogP contribution is -2.47. The summed E-state index contributed by atoms with van der Waals surface area (Å²) < 4.78 is 16.0. The highest BCUT2D eigenvalue weighted by Gasteiger charge is 2.23. The van der Waals surface area contributed by atoms with Gasteiger partial charge in [-0.1, -0.05) is 6.07 Å². The van der Waals surface area contributed by atoms with Gasteiger partial charge in [-0.05, 0) is 48.9 Å². The van der Waals surface area contributed by atoms with Crippen molar-refractivity contribution in [2.75, 3.05) is 52.4 Å². The summed E-state index contributed by atoms with van der Waals surface area (Å²) in [5.74, 6) is 2.45. The Bertz CT molecular complexity index is 710. The smallest absolute Gasteiger partial charge is 0.161 e. The summed E-state index contributed by atoms with van der Waals surface area (Å²) in [5, 5.41) is 0. The number of benzene rings is 2. The number of piperazine rings is 1. The van der Waals surface area contributed by atoms with Crippen LogP contribution in [0.2, 0.25) is 0 Å². The minimum absolute atomic E-state index is 0.341. The molecule has 0 saturated carbocycles. The van der Waals surface area contributed by atoms with Crippen LogP contribution in [0.5, 0.6) is 17.2 Å². The molecular formula is C21H28N2O3. The predicted molar refractivity (Wildman–Crippen MR) is 105 cm³/mol. The highest BCUT2D eigenvalue weighted by Crippen LogP contribution is 2.32. The molecule has 1 atom stereocenters. The van der Waals surface area contributed by atoms with Gasteiger partial charge in [0.15, 0.2) is 11.5 Å². The first kappa shape index (κ1) is 18.4. The van der Waals surface area contributed by atoms with Crippen molar-refractivity contribution in [3.05, 3.63) is 48.0 Å². The Morgan fingerprint density at radius 3 is 2.00 bits per heavy atom. The maximum absolute atomic E-state index is 5.45. The molecule has 3 rings (SSSR count). The Morgan fingerprint density at radius 1 is 0.769 bits per heavy atom. The zero-order valence-corrected chi connectivity index (χ0v) is 16.1. The number of hydrogen-bond acceptors (Lipinski definition) is 5. The Labute approximate surface area is 156 Å². The van der Waals surface area contributed by atoms with Gasteiger partial charge in [0.05, 0.1) is 21.3 Å². The molecule has 0 spiro atoms. The molecule has 0 bridgehead atoms. The van der Waals surface area contributed by atoms with Gasteiger partial charge in [0, 0.05) is 37.9 Å². The van der Waals surface area contributed by atoms with Gasteiger partial charge in [0.1, 0.15) is 5.75 Å². The van der Waals surface area contributed by atoms with Crippen LogP contribution in [0, 0.1) is 0 Å². The fourth-order valence-electron chi connectivity index (χ4n) is 3.48. The summed E-state index contributed by atoms with van der Waals surface area (Å²) in [6.45, 7) is 6.35. The maximum atomic E-state index is 5.45. The average Bonchev–Trinajstić information content (AvgIpc) is 2.73. The topological polar surface area (TPSA) is 34.2 Å². The second kappa shape index (κ2) is 8.32. The van der Waals surface area contributed by atoms with Crippen molar-refractivity contribution in [2.45, 2.75) is 13.0 Å². The monoisotopic (exact) mass is 356 g/mol. The summed E-state index contributed by atoms with van der Waals surface area (Å²) in [4.78, 5) is 4.94. The number of nitrogens with zero attached hydrogens (tertiary/aromatic N) is 2. The Kier molecular flexibility index (Phi) is 5.89. The van der Waals surface area contributed by atoms with Gasteiger partial charge in [-0.25, -0.2) is 0 Å². The molecule has 1 heterocycles. The lowest BCUT2D eigenvalue weighted by atomic mass is 10.0. The van der Waals surface area contributed by atoms with E-state index in [2.05, 4.69) is 41.0 Å². The standard InChI is InChI=1S/C21H28N2O3/c1-16(17-5-10-20(25-3)21(15-17)26-4)22-11-13-23(14-12-22)18-6-8-19(24-2)9-7-18/h5-10,15-16H,11-14H2,1-4H3/t16-/m1/s1. The van der Waals surface area contributed by atoms with Gasteiger partial charge in [-0.15, -0.1) is 0 Å². The van der Waals surface area contributed by atoms with Crippen molar-refractivity contribution < 1.29 is 14.2 Å². The van der Waals surface area contributed by atoms with Crippen LogP contribution in [0.1, 0.15) is 18.5 Å². The normalized spacial score (nSPS) is 16.2. The first-order chi connectivity index (χ1) is 12.7. The molecule has 0 amide bonds. The first-order valence-electron chi connectivity index (χ1n) is 9.01. The van der Waals surface area contributed by atoms with Crippen LogP contribution in [-0.2, 0) is 0 Å². The second-order valence-electron chi connectivity index (χ2n) is 6.51. The quantitative estimate of drug-likeness (QED) is 0.790. The van der Waals surface area contributed by atoms with Crippen LogP contribution in [0.3, 0.4) is 0 Å². The largest absolute Gasteiger partial charge is 0.497 e. The van der Waals surface area contributed by atoms with Crippen molar-refractivity contribution in [1.82, 2.24) is 4.90 Å². The Morgan fingerprint density at radius 2 is 1.42 bits per heavy atom. The molecule has 0 aromatic heterocycles. The van der Waals surface area contributed by atoms with Gasteiger partial charge >= 0.3 is 0 Å². The summed E-state index contributed by atoms with van der Waals surface area (Å²) >= 11 is 0. The molecule has 1 saturated heterocycles. The third kappa shape index (κ3) is 3.88. The van der Waals surface area contributed by atoms with Gasteiger partial charge in [-0.2, -0.15) is 0 Å². The van der Waals surface area contributed by atoms with Crippen LogP contribution in [0.25, 0.3) is 0 Å². The van der Waals surface area contributed by atoms with Gasteiger partial charge in [0.25, 0.3) is 0 Å². The van der Waals surface area contributed by atoms with E-state index < -0.39 is 0 Å². The molecule has 2 aromatic carbocycles. The van der Waals surface area contributed by atoms with Gasteiger partial charge in [0.2, 0.25) is 0 Å². The van der Waals surface area contributed by atoms with Crippen molar-refractivity contribution in [3.63, 3.8) is 0 Å². The van der Waals surface area contributed by atoms with E-state index in [9.17, 15) is 0 Å². The highest BCUT2D eigenvalue weighted by atomic mass is 16.5. The number of methoxy groups -OCH3 is 3. The number of ether oxygens (including phenoxy) is 3. The van der Waals surface area contributed by atoms with E-state index in [-0.39, 0.29) is 0 Å². The van der Waals surface area contributed by atoms with Crippen LogP contribution in [-0.4, -0.2) is 52.4 Å². The highest BCUT2D eigenvalue weighted by molar-refractivity contribution is 5.49. The molecule has 26 heavy (non-hydrogen) atoms. The lowest BCUT2D eigenvalue weighted by Gasteiger charge is -2.39.